The third-order valence-electron chi connectivity index (χ3n) is 2.57. The van der Waals surface area contributed by atoms with Crippen molar-refractivity contribution in [1.29, 1.82) is 0 Å². The van der Waals surface area contributed by atoms with Gasteiger partial charge in [0.05, 0.1) is 0 Å². The van der Waals surface area contributed by atoms with Crippen LogP contribution in [0.5, 0.6) is 0 Å². The Labute approximate surface area is 97.1 Å². The first-order valence-electron chi connectivity index (χ1n) is 5.29. The summed E-state index contributed by atoms with van der Waals surface area (Å²) in [6.07, 6.45) is 0. The molecule has 0 unspecified atom stereocenters. The second-order valence-corrected chi connectivity index (χ2v) is 3.92. The fourth-order valence-electron chi connectivity index (χ4n) is 1.59. The van der Waals surface area contributed by atoms with Crippen LogP contribution in [0.4, 0.5) is 0 Å². The third-order valence-corrected chi connectivity index (χ3v) is 2.79. The maximum Gasteiger partial charge on any atom is 0.104 e. The number of thiocarbonyl (C=S) groups is 1. The van der Waals surface area contributed by atoms with Crippen LogP contribution in [-0.2, 0) is 6.54 Å². The van der Waals surface area contributed by atoms with E-state index in [2.05, 4.69) is 24.8 Å². The Morgan fingerprint density at radius 3 is 2.40 bits per heavy atom. The van der Waals surface area contributed by atoms with E-state index in [1.807, 2.05) is 18.2 Å². The predicted molar refractivity (Wildman–Crippen MR) is 69.0 cm³/mol. The molecule has 0 aliphatic heterocycles. The van der Waals surface area contributed by atoms with Crippen molar-refractivity contribution >= 4 is 17.2 Å². The van der Waals surface area contributed by atoms with E-state index in [0.717, 1.165) is 25.2 Å². The van der Waals surface area contributed by atoms with Gasteiger partial charge in [-0.3, -0.25) is 4.90 Å². The highest BCUT2D eigenvalue weighted by Gasteiger charge is 2.07. The molecule has 2 N–H and O–H groups in total. The largest absolute Gasteiger partial charge is 0.389 e. The second kappa shape index (κ2) is 5.83. The van der Waals surface area contributed by atoms with E-state index >= 15 is 0 Å². The summed E-state index contributed by atoms with van der Waals surface area (Å²) >= 11 is 5.03. The van der Waals surface area contributed by atoms with E-state index in [1.54, 1.807) is 0 Å². The molecule has 1 aromatic carbocycles. The van der Waals surface area contributed by atoms with Crippen LogP contribution in [0.15, 0.2) is 24.3 Å². The van der Waals surface area contributed by atoms with Gasteiger partial charge in [-0.2, -0.15) is 0 Å². The van der Waals surface area contributed by atoms with Crippen molar-refractivity contribution in [1.82, 2.24) is 4.90 Å². The van der Waals surface area contributed by atoms with E-state index in [-0.39, 0.29) is 0 Å². The molecule has 3 heteroatoms. The molecule has 0 saturated heterocycles. The predicted octanol–water partition coefficient (Wildman–Crippen LogP) is 2.16. The molecule has 0 saturated carbocycles. The molecule has 82 valence electrons. The monoisotopic (exact) mass is 222 g/mol. The molecule has 0 aromatic heterocycles. The number of nitrogens with zero attached hydrogens (tertiary/aromatic N) is 1. The normalized spacial score (nSPS) is 10.6. The molecular formula is C12H18N2S. The average Bonchev–Trinajstić information content (AvgIpc) is 2.26. The second-order valence-electron chi connectivity index (χ2n) is 3.48. The smallest absolute Gasteiger partial charge is 0.104 e. The van der Waals surface area contributed by atoms with Crippen LogP contribution < -0.4 is 5.73 Å². The summed E-state index contributed by atoms with van der Waals surface area (Å²) in [4.78, 5) is 2.83. The zero-order valence-electron chi connectivity index (χ0n) is 9.36. The summed E-state index contributed by atoms with van der Waals surface area (Å²) in [7, 11) is 0. The van der Waals surface area contributed by atoms with Crippen molar-refractivity contribution in [3.05, 3.63) is 35.4 Å². The zero-order chi connectivity index (χ0) is 11.3. The van der Waals surface area contributed by atoms with E-state index in [4.69, 9.17) is 18.0 Å². The zero-order valence-corrected chi connectivity index (χ0v) is 10.2. The lowest BCUT2D eigenvalue weighted by Crippen LogP contribution is -2.24. The highest BCUT2D eigenvalue weighted by atomic mass is 32.1. The molecule has 0 aliphatic carbocycles. The van der Waals surface area contributed by atoms with Crippen LogP contribution >= 0.6 is 12.2 Å². The Hall–Kier alpha value is -0.930. The van der Waals surface area contributed by atoms with Gasteiger partial charge in [0, 0.05) is 12.1 Å². The molecule has 2 nitrogen and oxygen atoms in total. The van der Waals surface area contributed by atoms with Crippen LogP contribution in [0.2, 0.25) is 0 Å². The minimum Gasteiger partial charge on any atom is -0.389 e. The topological polar surface area (TPSA) is 29.3 Å². The van der Waals surface area contributed by atoms with Gasteiger partial charge in [0.1, 0.15) is 4.99 Å². The molecule has 1 aromatic rings. The first-order chi connectivity index (χ1) is 7.19. The molecule has 0 heterocycles. The highest BCUT2D eigenvalue weighted by molar-refractivity contribution is 7.80. The lowest BCUT2D eigenvalue weighted by atomic mass is 10.1. The van der Waals surface area contributed by atoms with Crippen molar-refractivity contribution in [3.63, 3.8) is 0 Å². The molecule has 0 fully saturated rings. The number of rotatable bonds is 5. The van der Waals surface area contributed by atoms with Gasteiger partial charge in [0.15, 0.2) is 0 Å². The molecular weight excluding hydrogens is 204 g/mol. The van der Waals surface area contributed by atoms with Gasteiger partial charge in [-0.25, -0.2) is 0 Å². The fourth-order valence-corrected chi connectivity index (χ4v) is 1.79. The van der Waals surface area contributed by atoms with Gasteiger partial charge in [-0.15, -0.1) is 0 Å². The number of hydrogen-bond donors (Lipinski definition) is 1. The third kappa shape index (κ3) is 3.29. The summed E-state index contributed by atoms with van der Waals surface area (Å²) in [6.45, 7) is 7.32. The SMILES string of the molecule is CCN(CC)Cc1ccccc1C(N)=S. The van der Waals surface area contributed by atoms with Crippen LogP contribution in [0.3, 0.4) is 0 Å². The quantitative estimate of drug-likeness (QED) is 0.774. The van der Waals surface area contributed by atoms with E-state index in [1.165, 1.54) is 5.56 Å². The van der Waals surface area contributed by atoms with Crippen molar-refractivity contribution in [2.45, 2.75) is 20.4 Å². The van der Waals surface area contributed by atoms with Gasteiger partial charge >= 0.3 is 0 Å². The molecule has 0 bridgehead atoms. The van der Waals surface area contributed by atoms with Gasteiger partial charge in [-0.05, 0) is 18.7 Å². The number of hydrogen-bond acceptors (Lipinski definition) is 2. The van der Waals surface area contributed by atoms with Crippen LogP contribution in [-0.4, -0.2) is 23.0 Å². The van der Waals surface area contributed by atoms with Gasteiger partial charge in [-0.1, -0.05) is 50.3 Å². The van der Waals surface area contributed by atoms with E-state index in [9.17, 15) is 0 Å². The molecule has 0 spiro atoms. The lowest BCUT2D eigenvalue weighted by molar-refractivity contribution is 0.296. The Morgan fingerprint density at radius 2 is 1.87 bits per heavy atom. The molecule has 15 heavy (non-hydrogen) atoms. The standard InChI is InChI=1S/C12H18N2S/c1-3-14(4-2)9-10-7-5-6-8-11(10)12(13)15/h5-8H,3-4,9H2,1-2H3,(H2,13,15). The van der Waals surface area contributed by atoms with Gasteiger partial charge < -0.3 is 5.73 Å². The fraction of sp³-hybridized carbons (Fsp3) is 0.417. The number of nitrogens with two attached hydrogens (primary N) is 1. The summed E-state index contributed by atoms with van der Waals surface area (Å²) in [6, 6.07) is 8.08. The van der Waals surface area contributed by atoms with Crippen LogP contribution in [0.1, 0.15) is 25.0 Å². The lowest BCUT2D eigenvalue weighted by Gasteiger charge is -2.19. The van der Waals surface area contributed by atoms with Crippen molar-refractivity contribution in [3.8, 4) is 0 Å². The van der Waals surface area contributed by atoms with E-state index in [0.29, 0.717) is 4.99 Å². The van der Waals surface area contributed by atoms with Crippen LogP contribution in [0, 0.1) is 0 Å². The van der Waals surface area contributed by atoms with Gasteiger partial charge in [0.25, 0.3) is 0 Å². The minimum absolute atomic E-state index is 0.484. The Kier molecular flexibility index (Phi) is 4.72. The van der Waals surface area contributed by atoms with Gasteiger partial charge in [0.2, 0.25) is 0 Å². The summed E-state index contributed by atoms with van der Waals surface area (Å²) in [5.41, 5.74) is 7.90. The Bertz CT molecular complexity index is 332. The number of benzene rings is 1. The molecule has 1 rings (SSSR count). The maximum atomic E-state index is 5.69. The van der Waals surface area contributed by atoms with Crippen LogP contribution in [0.25, 0.3) is 0 Å². The Morgan fingerprint density at radius 1 is 1.27 bits per heavy atom. The summed E-state index contributed by atoms with van der Waals surface area (Å²) in [5, 5.41) is 0. The highest BCUT2D eigenvalue weighted by Crippen LogP contribution is 2.11. The first kappa shape index (κ1) is 12.1. The van der Waals surface area contributed by atoms with E-state index < -0.39 is 0 Å². The minimum atomic E-state index is 0.484. The molecule has 0 atom stereocenters. The van der Waals surface area contributed by atoms with Crippen molar-refractivity contribution in [2.75, 3.05) is 13.1 Å². The first-order valence-corrected chi connectivity index (χ1v) is 5.69. The summed E-state index contributed by atoms with van der Waals surface area (Å²) < 4.78 is 0. The molecule has 0 aliphatic rings. The van der Waals surface area contributed by atoms with Crippen molar-refractivity contribution < 1.29 is 0 Å². The molecule has 0 radical (unpaired) electrons. The summed E-state index contributed by atoms with van der Waals surface area (Å²) in [5.74, 6) is 0. The Balaban J connectivity index is 2.88. The maximum absolute atomic E-state index is 5.69. The van der Waals surface area contributed by atoms with Crippen molar-refractivity contribution in [2.24, 2.45) is 5.73 Å². The average molecular weight is 222 g/mol. The molecule has 0 amide bonds.